The number of nitroso groups, excluding NO2 is 1. The number of carbonyl (C=O) groups excluding carboxylic acids is 2. The zero-order chi connectivity index (χ0) is 21.5. The predicted octanol–water partition coefficient (Wildman–Crippen LogP) is 2.47. The fourth-order valence-electron chi connectivity index (χ4n) is 3.32. The predicted molar refractivity (Wildman–Crippen MR) is 108 cm³/mol. The molecule has 0 saturated carbocycles. The van der Waals surface area contributed by atoms with Gasteiger partial charge in [0.2, 0.25) is 11.6 Å². The second-order valence-corrected chi connectivity index (χ2v) is 6.84. The molecular formula is C20H23N5O5. The first kappa shape index (κ1) is 21.2. The number of anilines is 1. The maximum atomic E-state index is 11.9. The maximum absolute atomic E-state index is 11.9. The van der Waals surface area contributed by atoms with Gasteiger partial charge in [0.05, 0.1) is 18.9 Å². The number of nitrogens with zero attached hydrogens (tertiary/aromatic N) is 4. The quantitative estimate of drug-likeness (QED) is 0.515. The van der Waals surface area contributed by atoms with Gasteiger partial charge < -0.3 is 20.1 Å². The molecule has 1 fully saturated rings. The minimum Gasteiger partial charge on any atom is -0.466 e. The zero-order valence-electron chi connectivity index (χ0n) is 16.6. The monoisotopic (exact) mass is 413 g/mol. The first-order valence-corrected chi connectivity index (χ1v) is 9.66. The Labute approximate surface area is 173 Å². The lowest BCUT2D eigenvalue weighted by atomic mass is 9.97. The van der Waals surface area contributed by atoms with Gasteiger partial charge >= 0.3 is 5.97 Å². The summed E-state index contributed by atoms with van der Waals surface area (Å²) in [6.45, 7) is 3.20. The van der Waals surface area contributed by atoms with Crippen LogP contribution in [-0.2, 0) is 20.7 Å². The van der Waals surface area contributed by atoms with Gasteiger partial charge in [-0.3, -0.25) is 9.59 Å². The molecule has 0 aliphatic carbocycles. The van der Waals surface area contributed by atoms with Gasteiger partial charge in [-0.25, -0.2) is 4.98 Å². The maximum Gasteiger partial charge on any atom is 0.309 e. The van der Waals surface area contributed by atoms with Gasteiger partial charge in [-0.15, -0.1) is 4.91 Å². The molecule has 30 heavy (non-hydrogen) atoms. The van der Waals surface area contributed by atoms with E-state index in [1.165, 1.54) is 6.33 Å². The minimum absolute atomic E-state index is 0.00621. The number of hydrogen-bond acceptors (Lipinski definition) is 9. The van der Waals surface area contributed by atoms with Crippen molar-refractivity contribution in [2.24, 2.45) is 16.8 Å². The Balaban J connectivity index is 1.73. The van der Waals surface area contributed by atoms with Crippen molar-refractivity contribution in [1.29, 1.82) is 0 Å². The number of amides is 1. The zero-order valence-corrected chi connectivity index (χ0v) is 16.6. The molecular weight excluding hydrogens is 390 g/mol. The molecule has 1 aromatic carbocycles. The van der Waals surface area contributed by atoms with Crippen LogP contribution >= 0.6 is 0 Å². The highest BCUT2D eigenvalue weighted by Crippen LogP contribution is 2.38. The normalized spacial score (nSPS) is 14.2. The third kappa shape index (κ3) is 5.07. The van der Waals surface area contributed by atoms with E-state index in [0.29, 0.717) is 44.1 Å². The number of primary amides is 1. The van der Waals surface area contributed by atoms with E-state index in [-0.39, 0.29) is 29.9 Å². The molecule has 1 amide bonds. The summed E-state index contributed by atoms with van der Waals surface area (Å²) >= 11 is 0. The van der Waals surface area contributed by atoms with Crippen molar-refractivity contribution in [3.63, 3.8) is 0 Å². The number of carbonyl (C=O) groups is 2. The molecule has 3 rings (SSSR count). The van der Waals surface area contributed by atoms with E-state index in [9.17, 15) is 14.5 Å². The molecule has 1 saturated heterocycles. The van der Waals surface area contributed by atoms with Crippen molar-refractivity contribution in [2.75, 3.05) is 24.6 Å². The van der Waals surface area contributed by atoms with Gasteiger partial charge in [0.1, 0.15) is 12.1 Å². The molecule has 0 radical (unpaired) electrons. The molecule has 10 heteroatoms. The second kappa shape index (κ2) is 9.77. The van der Waals surface area contributed by atoms with Gasteiger partial charge in [0.15, 0.2) is 5.82 Å². The third-order valence-electron chi connectivity index (χ3n) is 4.79. The van der Waals surface area contributed by atoms with Gasteiger partial charge in [-0.05, 0) is 42.6 Å². The Hall–Kier alpha value is -3.56. The molecule has 1 aliphatic heterocycles. The van der Waals surface area contributed by atoms with E-state index in [0.717, 1.165) is 5.56 Å². The molecule has 0 unspecified atom stereocenters. The summed E-state index contributed by atoms with van der Waals surface area (Å²) in [7, 11) is 0. The van der Waals surface area contributed by atoms with Gasteiger partial charge in [-0.2, -0.15) is 4.98 Å². The highest BCUT2D eigenvalue weighted by Gasteiger charge is 2.29. The van der Waals surface area contributed by atoms with Crippen molar-refractivity contribution >= 4 is 23.4 Å². The van der Waals surface area contributed by atoms with Gasteiger partial charge in [-0.1, -0.05) is 12.1 Å². The van der Waals surface area contributed by atoms with Crippen LogP contribution in [0, 0.1) is 10.8 Å². The first-order chi connectivity index (χ1) is 14.5. The Bertz CT molecular complexity index is 910. The summed E-state index contributed by atoms with van der Waals surface area (Å²) in [6, 6.07) is 6.71. The first-order valence-electron chi connectivity index (χ1n) is 9.66. The highest BCUT2D eigenvalue weighted by atomic mass is 16.5. The minimum atomic E-state index is -0.428. The van der Waals surface area contributed by atoms with Crippen molar-refractivity contribution in [1.82, 2.24) is 9.97 Å². The van der Waals surface area contributed by atoms with Crippen LogP contribution in [-0.4, -0.2) is 41.5 Å². The molecule has 1 aliphatic rings. The summed E-state index contributed by atoms with van der Waals surface area (Å²) in [6.07, 6.45) is 2.62. The average molecular weight is 413 g/mol. The van der Waals surface area contributed by atoms with Crippen LogP contribution in [0.15, 0.2) is 35.8 Å². The number of aromatic nitrogens is 2. The van der Waals surface area contributed by atoms with Crippen molar-refractivity contribution in [3.05, 3.63) is 41.1 Å². The average Bonchev–Trinajstić information content (AvgIpc) is 2.75. The molecule has 2 N–H and O–H groups in total. The Morgan fingerprint density at radius 1 is 1.20 bits per heavy atom. The van der Waals surface area contributed by atoms with E-state index in [1.54, 1.807) is 31.2 Å². The standard InChI is InChI=1S/C20H23N5O5/c1-2-29-20(27)14-7-9-25(10-8-14)18-17(24-28)19(23-12-22-18)30-15-5-3-13(4-6-15)11-16(21)26/h3-6,12,14H,2,7-11H2,1H3,(H2,21,26). The number of hydrogen-bond donors (Lipinski definition) is 1. The molecule has 2 aromatic rings. The summed E-state index contributed by atoms with van der Waals surface area (Å²) in [5, 5.41) is 3.09. The van der Waals surface area contributed by atoms with Gasteiger partial charge in [0.25, 0.3) is 5.88 Å². The molecule has 0 atom stereocenters. The Kier molecular flexibility index (Phi) is 6.89. The SMILES string of the molecule is CCOC(=O)C1CCN(c2ncnc(Oc3ccc(CC(N)=O)cc3)c2N=O)CC1. The van der Waals surface area contributed by atoms with Crippen LogP contribution < -0.4 is 15.4 Å². The number of piperidine rings is 1. The number of benzene rings is 1. The number of ether oxygens (including phenoxy) is 2. The lowest BCUT2D eigenvalue weighted by Gasteiger charge is -2.31. The lowest BCUT2D eigenvalue weighted by molar-refractivity contribution is -0.148. The fourth-order valence-corrected chi connectivity index (χ4v) is 3.32. The van der Waals surface area contributed by atoms with Crippen LogP contribution in [0.1, 0.15) is 25.3 Å². The van der Waals surface area contributed by atoms with Crippen molar-refractivity contribution < 1.29 is 19.1 Å². The van der Waals surface area contributed by atoms with Crippen LogP contribution in [0.2, 0.25) is 0 Å². The molecule has 158 valence electrons. The number of rotatable bonds is 8. The van der Waals surface area contributed by atoms with Crippen LogP contribution in [0.3, 0.4) is 0 Å². The van der Waals surface area contributed by atoms with E-state index < -0.39 is 5.91 Å². The number of nitrogens with two attached hydrogens (primary N) is 1. The van der Waals surface area contributed by atoms with Crippen molar-refractivity contribution in [3.8, 4) is 11.6 Å². The van der Waals surface area contributed by atoms with Gasteiger partial charge in [0, 0.05) is 13.1 Å². The van der Waals surface area contributed by atoms with Crippen LogP contribution in [0.25, 0.3) is 0 Å². The third-order valence-corrected chi connectivity index (χ3v) is 4.79. The number of esters is 1. The molecule has 1 aromatic heterocycles. The van der Waals surface area contributed by atoms with Crippen molar-refractivity contribution in [2.45, 2.75) is 26.2 Å². The Morgan fingerprint density at radius 3 is 2.50 bits per heavy atom. The molecule has 0 spiro atoms. The molecule has 0 bridgehead atoms. The lowest BCUT2D eigenvalue weighted by Crippen LogP contribution is -2.37. The summed E-state index contributed by atoms with van der Waals surface area (Å²) < 4.78 is 10.8. The Morgan fingerprint density at radius 2 is 1.90 bits per heavy atom. The van der Waals surface area contributed by atoms with E-state index in [1.807, 2.05) is 4.90 Å². The molecule has 10 nitrogen and oxygen atoms in total. The van der Waals surface area contributed by atoms with E-state index in [4.69, 9.17) is 15.2 Å². The summed E-state index contributed by atoms with van der Waals surface area (Å²) in [5.74, 6) is 0.0394. The largest absolute Gasteiger partial charge is 0.466 e. The highest BCUT2D eigenvalue weighted by molar-refractivity contribution is 5.76. The van der Waals surface area contributed by atoms with E-state index in [2.05, 4.69) is 15.1 Å². The van der Waals surface area contributed by atoms with Crippen LogP contribution in [0.4, 0.5) is 11.5 Å². The van der Waals surface area contributed by atoms with E-state index >= 15 is 0 Å². The molecule has 2 heterocycles. The smallest absolute Gasteiger partial charge is 0.309 e. The topological polar surface area (TPSA) is 137 Å². The summed E-state index contributed by atoms with van der Waals surface area (Å²) in [4.78, 5) is 44.6. The van der Waals surface area contributed by atoms with Crippen LogP contribution in [0.5, 0.6) is 11.6 Å². The fraction of sp³-hybridized carbons (Fsp3) is 0.400. The summed E-state index contributed by atoms with van der Waals surface area (Å²) in [5.41, 5.74) is 5.93. The second-order valence-electron chi connectivity index (χ2n) is 6.84.